The molecular formula is C16H21N3O. The SMILES string of the molecule is C[C@@H]1C[C@H](n2ccnc2-c2cccc(O)c2)CCN1C. The monoisotopic (exact) mass is 271 g/mol. The second-order valence-electron chi connectivity index (χ2n) is 5.72. The van der Waals surface area contributed by atoms with E-state index in [1.807, 2.05) is 18.3 Å². The van der Waals surface area contributed by atoms with Gasteiger partial charge in [-0.1, -0.05) is 12.1 Å². The molecule has 2 heterocycles. The maximum Gasteiger partial charge on any atom is 0.140 e. The highest BCUT2D eigenvalue weighted by atomic mass is 16.3. The maximum absolute atomic E-state index is 9.65. The van der Waals surface area contributed by atoms with Crippen LogP contribution in [0.1, 0.15) is 25.8 Å². The third-order valence-electron chi connectivity index (χ3n) is 4.35. The minimum atomic E-state index is 0.286. The van der Waals surface area contributed by atoms with Gasteiger partial charge < -0.3 is 14.6 Å². The van der Waals surface area contributed by atoms with Crippen molar-refractivity contribution < 1.29 is 5.11 Å². The van der Waals surface area contributed by atoms with E-state index in [1.54, 1.807) is 12.1 Å². The lowest BCUT2D eigenvalue weighted by atomic mass is 9.98. The molecule has 1 aromatic carbocycles. The first-order chi connectivity index (χ1) is 9.65. The quantitative estimate of drug-likeness (QED) is 0.913. The molecule has 0 saturated carbocycles. The minimum absolute atomic E-state index is 0.286. The highest BCUT2D eigenvalue weighted by Crippen LogP contribution is 2.31. The average molecular weight is 271 g/mol. The lowest BCUT2D eigenvalue weighted by molar-refractivity contribution is 0.157. The van der Waals surface area contributed by atoms with Gasteiger partial charge >= 0.3 is 0 Å². The summed E-state index contributed by atoms with van der Waals surface area (Å²) in [4.78, 5) is 6.89. The van der Waals surface area contributed by atoms with Gasteiger partial charge in [0.15, 0.2) is 0 Å². The van der Waals surface area contributed by atoms with Crippen LogP contribution in [0.3, 0.4) is 0 Å². The van der Waals surface area contributed by atoms with E-state index in [0.29, 0.717) is 12.1 Å². The van der Waals surface area contributed by atoms with E-state index < -0.39 is 0 Å². The van der Waals surface area contributed by atoms with Gasteiger partial charge in [-0.15, -0.1) is 0 Å². The molecule has 0 unspecified atom stereocenters. The fraction of sp³-hybridized carbons (Fsp3) is 0.438. The summed E-state index contributed by atoms with van der Waals surface area (Å²) in [5.41, 5.74) is 0.974. The molecular weight excluding hydrogens is 250 g/mol. The first-order valence-corrected chi connectivity index (χ1v) is 7.17. The molecule has 20 heavy (non-hydrogen) atoms. The molecule has 0 amide bonds. The number of benzene rings is 1. The highest BCUT2D eigenvalue weighted by molar-refractivity contribution is 5.58. The zero-order chi connectivity index (χ0) is 14.1. The van der Waals surface area contributed by atoms with Crippen molar-refractivity contribution >= 4 is 0 Å². The number of phenols is 1. The molecule has 1 aliphatic heterocycles. The van der Waals surface area contributed by atoms with Crippen molar-refractivity contribution in [2.45, 2.75) is 31.8 Å². The Labute approximate surface area is 119 Å². The van der Waals surface area contributed by atoms with E-state index in [4.69, 9.17) is 0 Å². The van der Waals surface area contributed by atoms with E-state index in [-0.39, 0.29) is 5.75 Å². The van der Waals surface area contributed by atoms with Crippen LogP contribution < -0.4 is 0 Å². The molecule has 2 aromatic rings. The van der Waals surface area contributed by atoms with Gasteiger partial charge in [0.2, 0.25) is 0 Å². The number of aromatic hydroxyl groups is 1. The van der Waals surface area contributed by atoms with Gasteiger partial charge in [-0.25, -0.2) is 4.98 Å². The van der Waals surface area contributed by atoms with Crippen LogP contribution in [-0.2, 0) is 0 Å². The molecule has 0 bridgehead atoms. The molecule has 1 fully saturated rings. The number of hydrogen-bond acceptors (Lipinski definition) is 3. The Hall–Kier alpha value is -1.81. The molecule has 4 heteroatoms. The Kier molecular flexibility index (Phi) is 3.49. The molecule has 1 aliphatic rings. The summed E-state index contributed by atoms with van der Waals surface area (Å²) in [7, 11) is 2.19. The second kappa shape index (κ2) is 5.29. The zero-order valence-electron chi connectivity index (χ0n) is 12.0. The summed E-state index contributed by atoms with van der Waals surface area (Å²) in [6.45, 7) is 3.39. The number of nitrogens with zero attached hydrogens (tertiary/aromatic N) is 3. The number of imidazole rings is 1. The minimum Gasteiger partial charge on any atom is -0.508 e. The molecule has 3 rings (SSSR count). The topological polar surface area (TPSA) is 41.3 Å². The van der Waals surface area contributed by atoms with E-state index in [2.05, 4.69) is 34.6 Å². The van der Waals surface area contributed by atoms with E-state index in [9.17, 15) is 5.11 Å². The first-order valence-electron chi connectivity index (χ1n) is 7.17. The maximum atomic E-state index is 9.65. The van der Waals surface area contributed by atoms with Crippen molar-refractivity contribution in [1.82, 2.24) is 14.5 Å². The molecule has 0 radical (unpaired) electrons. The van der Waals surface area contributed by atoms with Gasteiger partial charge in [0.25, 0.3) is 0 Å². The number of likely N-dealkylation sites (tertiary alicyclic amines) is 1. The van der Waals surface area contributed by atoms with Crippen LogP contribution in [0, 0.1) is 0 Å². The Bertz CT molecular complexity index is 593. The van der Waals surface area contributed by atoms with E-state index >= 15 is 0 Å². The average Bonchev–Trinajstić information content (AvgIpc) is 2.91. The number of hydrogen-bond donors (Lipinski definition) is 1. The predicted octanol–water partition coefficient (Wildman–Crippen LogP) is 2.91. The van der Waals surface area contributed by atoms with Crippen LogP contribution in [0.4, 0.5) is 0 Å². The van der Waals surface area contributed by atoms with Crippen molar-refractivity contribution in [2.24, 2.45) is 0 Å². The van der Waals surface area contributed by atoms with Crippen molar-refractivity contribution in [1.29, 1.82) is 0 Å². The molecule has 2 atom stereocenters. The number of piperidine rings is 1. The van der Waals surface area contributed by atoms with Gasteiger partial charge in [-0.3, -0.25) is 0 Å². The lowest BCUT2D eigenvalue weighted by Crippen LogP contribution is -2.38. The van der Waals surface area contributed by atoms with Crippen LogP contribution in [0.15, 0.2) is 36.7 Å². The summed E-state index contributed by atoms with van der Waals surface area (Å²) in [6, 6.07) is 8.40. The van der Waals surface area contributed by atoms with E-state index in [1.165, 1.54) is 0 Å². The number of aromatic nitrogens is 2. The summed E-state index contributed by atoms with van der Waals surface area (Å²) in [5.74, 6) is 1.23. The van der Waals surface area contributed by atoms with Crippen LogP contribution in [0.25, 0.3) is 11.4 Å². The normalized spacial score (nSPS) is 23.9. The number of rotatable bonds is 2. The first kappa shape index (κ1) is 13.2. The summed E-state index contributed by atoms with van der Waals surface area (Å²) in [5, 5.41) is 9.65. The van der Waals surface area contributed by atoms with Gasteiger partial charge in [0.1, 0.15) is 11.6 Å². The third-order valence-corrected chi connectivity index (χ3v) is 4.35. The van der Waals surface area contributed by atoms with Crippen molar-refractivity contribution in [3.05, 3.63) is 36.7 Å². The van der Waals surface area contributed by atoms with Gasteiger partial charge in [-0.05, 0) is 38.9 Å². The smallest absolute Gasteiger partial charge is 0.140 e. The standard InChI is InChI=1S/C16H21N3O/c1-12-10-14(6-8-18(12)2)19-9-7-17-16(19)13-4-3-5-15(20)11-13/h3-5,7,9,11-12,14,20H,6,8,10H2,1-2H3/t12-,14-/m1/s1. The fourth-order valence-corrected chi connectivity index (χ4v) is 2.99. The predicted molar refractivity (Wildman–Crippen MR) is 79.7 cm³/mol. The van der Waals surface area contributed by atoms with E-state index in [0.717, 1.165) is 30.8 Å². The van der Waals surface area contributed by atoms with Crippen LogP contribution >= 0.6 is 0 Å². The van der Waals surface area contributed by atoms with Gasteiger partial charge in [0, 0.05) is 36.6 Å². The largest absolute Gasteiger partial charge is 0.508 e. The summed E-state index contributed by atoms with van der Waals surface area (Å²) in [6.07, 6.45) is 6.19. The molecule has 0 spiro atoms. The molecule has 4 nitrogen and oxygen atoms in total. The van der Waals surface area contributed by atoms with Crippen molar-refractivity contribution in [3.63, 3.8) is 0 Å². The van der Waals surface area contributed by atoms with Crippen molar-refractivity contribution in [3.8, 4) is 17.1 Å². The zero-order valence-corrected chi connectivity index (χ0v) is 12.0. The Morgan fingerprint density at radius 3 is 2.95 bits per heavy atom. The van der Waals surface area contributed by atoms with Crippen molar-refractivity contribution in [2.75, 3.05) is 13.6 Å². The van der Waals surface area contributed by atoms with Crippen LogP contribution in [0.2, 0.25) is 0 Å². The molecule has 1 saturated heterocycles. The second-order valence-corrected chi connectivity index (χ2v) is 5.72. The third kappa shape index (κ3) is 2.43. The van der Waals surface area contributed by atoms with Crippen LogP contribution in [-0.4, -0.2) is 39.2 Å². The Balaban J connectivity index is 1.91. The fourth-order valence-electron chi connectivity index (χ4n) is 2.99. The summed E-state index contributed by atoms with van der Waals surface area (Å²) < 4.78 is 2.26. The Morgan fingerprint density at radius 1 is 1.35 bits per heavy atom. The van der Waals surface area contributed by atoms with Gasteiger partial charge in [-0.2, -0.15) is 0 Å². The molecule has 1 N–H and O–H groups in total. The number of phenolic OH excluding ortho intramolecular Hbond substituents is 1. The van der Waals surface area contributed by atoms with Crippen LogP contribution in [0.5, 0.6) is 5.75 Å². The summed E-state index contributed by atoms with van der Waals surface area (Å²) >= 11 is 0. The Morgan fingerprint density at radius 2 is 2.20 bits per heavy atom. The highest BCUT2D eigenvalue weighted by Gasteiger charge is 2.25. The molecule has 106 valence electrons. The molecule has 0 aliphatic carbocycles. The van der Waals surface area contributed by atoms with Gasteiger partial charge in [0.05, 0.1) is 0 Å². The molecule has 1 aromatic heterocycles. The lowest BCUT2D eigenvalue weighted by Gasteiger charge is -2.36.